The number of nitriles is 1. The first-order valence-corrected chi connectivity index (χ1v) is 6.19. The molecule has 0 radical (unpaired) electrons. The van der Waals surface area contributed by atoms with E-state index >= 15 is 0 Å². The van der Waals surface area contributed by atoms with Crippen LogP contribution in [0.2, 0.25) is 0 Å². The Bertz CT molecular complexity index is 329. The highest BCUT2D eigenvalue weighted by molar-refractivity contribution is 7.80. The molecule has 0 unspecified atom stereocenters. The Hall–Kier alpha value is -1.14. The Morgan fingerprint density at radius 1 is 1.12 bits per heavy atom. The van der Waals surface area contributed by atoms with Gasteiger partial charge in [0.1, 0.15) is 5.75 Å². The molecule has 0 saturated carbocycles. The highest BCUT2D eigenvalue weighted by atomic mass is 32.1. The zero-order valence-corrected chi connectivity index (χ0v) is 10.2. The number of thiol groups is 1. The van der Waals surface area contributed by atoms with Crippen molar-refractivity contribution in [2.24, 2.45) is 0 Å². The molecule has 0 aliphatic heterocycles. The molecule has 0 amide bonds. The van der Waals surface area contributed by atoms with Crippen LogP contribution in [-0.4, -0.2) is 12.4 Å². The molecule has 1 rings (SSSR count). The predicted molar refractivity (Wildman–Crippen MR) is 69.0 cm³/mol. The summed E-state index contributed by atoms with van der Waals surface area (Å²) < 4.78 is 5.58. The van der Waals surface area contributed by atoms with Crippen molar-refractivity contribution in [3.63, 3.8) is 0 Å². The Labute approximate surface area is 103 Å². The highest BCUT2D eigenvalue weighted by Crippen LogP contribution is 2.13. The number of ether oxygens (including phenoxy) is 1. The smallest absolute Gasteiger partial charge is 0.119 e. The number of rotatable bonds is 7. The van der Waals surface area contributed by atoms with Gasteiger partial charge < -0.3 is 4.74 Å². The van der Waals surface area contributed by atoms with Crippen molar-refractivity contribution in [1.29, 1.82) is 5.26 Å². The first-order chi connectivity index (χ1) is 7.86. The number of unbranched alkanes of at least 4 members (excludes halogenated alkanes) is 2. The molecule has 0 bridgehead atoms. The lowest BCUT2D eigenvalue weighted by Crippen LogP contribution is -1.97. The molecule has 0 N–H and O–H groups in total. The van der Waals surface area contributed by atoms with Crippen LogP contribution in [-0.2, 0) is 6.42 Å². The first-order valence-electron chi connectivity index (χ1n) is 5.56. The van der Waals surface area contributed by atoms with E-state index in [2.05, 4.69) is 18.7 Å². The van der Waals surface area contributed by atoms with Gasteiger partial charge in [0.05, 0.1) is 19.1 Å². The minimum absolute atomic E-state index is 0.461. The SMILES string of the molecule is N#CCc1ccc(OCCCCCS)cc1. The van der Waals surface area contributed by atoms with Gasteiger partial charge in [-0.3, -0.25) is 0 Å². The van der Waals surface area contributed by atoms with Gasteiger partial charge in [0.15, 0.2) is 0 Å². The summed E-state index contributed by atoms with van der Waals surface area (Å²) in [6.07, 6.45) is 3.84. The lowest BCUT2D eigenvalue weighted by Gasteiger charge is -2.05. The molecule has 0 aliphatic carbocycles. The van der Waals surface area contributed by atoms with E-state index in [0.717, 1.165) is 42.9 Å². The summed E-state index contributed by atoms with van der Waals surface area (Å²) in [6.45, 7) is 0.755. The van der Waals surface area contributed by atoms with Crippen LogP contribution in [0.4, 0.5) is 0 Å². The van der Waals surface area contributed by atoms with Gasteiger partial charge in [-0.2, -0.15) is 17.9 Å². The normalized spacial score (nSPS) is 9.75. The van der Waals surface area contributed by atoms with E-state index in [0.29, 0.717) is 6.42 Å². The van der Waals surface area contributed by atoms with E-state index in [1.807, 2.05) is 24.3 Å². The molecule has 16 heavy (non-hydrogen) atoms. The number of hydrogen-bond donors (Lipinski definition) is 1. The number of benzene rings is 1. The van der Waals surface area contributed by atoms with Gasteiger partial charge in [-0.1, -0.05) is 12.1 Å². The van der Waals surface area contributed by atoms with Crippen LogP contribution in [0.5, 0.6) is 5.75 Å². The monoisotopic (exact) mass is 235 g/mol. The second kappa shape index (κ2) is 8.06. The molecule has 0 saturated heterocycles. The average Bonchev–Trinajstić information content (AvgIpc) is 2.31. The van der Waals surface area contributed by atoms with Gasteiger partial charge in [-0.15, -0.1) is 0 Å². The molecule has 0 heterocycles. The minimum atomic E-state index is 0.461. The summed E-state index contributed by atoms with van der Waals surface area (Å²) >= 11 is 4.16. The van der Waals surface area contributed by atoms with Gasteiger partial charge in [0, 0.05) is 0 Å². The summed E-state index contributed by atoms with van der Waals surface area (Å²) in [5.74, 6) is 1.83. The van der Waals surface area contributed by atoms with Crippen molar-refractivity contribution in [3.05, 3.63) is 29.8 Å². The van der Waals surface area contributed by atoms with Crippen molar-refractivity contribution in [3.8, 4) is 11.8 Å². The maximum absolute atomic E-state index is 8.53. The van der Waals surface area contributed by atoms with Crippen molar-refractivity contribution < 1.29 is 4.74 Å². The summed E-state index contributed by atoms with van der Waals surface area (Å²) in [5, 5.41) is 8.53. The van der Waals surface area contributed by atoms with Crippen LogP contribution in [0.25, 0.3) is 0 Å². The molecule has 0 atom stereocenters. The Balaban J connectivity index is 2.24. The standard InChI is InChI=1S/C13H17NOS/c14-9-8-12-4-6-13(7-5-12)15-10-2-1-3-11-16/h4-7,16H,1-3,8,10-11H2. The molecule has 0 spiro atoms. The highest BCUT2D eigenvalue weighted by Gasteiger charge is 1.95. The number of nitrogens with zero attached hydrogens (tertiary/aromatic N) is 1. The molecular formula is C13H17NOS. The lowest BCUT2D eigenvalue weighted by atomic mass is 10.2. The van der Waals surface area contributed by atoms with Gasteiger partial charge in [0.25, 0.3) is 0 Å². The topological polar surface area (TPSA) is 33.0 Å². The lowest BCUT2D eigenvalue weighted by molar-refractivity contribution is 0.306. The third kappa shape index (κ3) is 5.09. The van der Waals surface area contributed by atoms with Crippen molar-refractivity contribution in [2.75, 3.05) is 12.4 Å². The van der Waals surface area contributed by atoms with E-state index in [1.54, 1.807) is 0 Å². The van der Waals surface area contributed by atoms with E-state index in [1.165, 1.54) is 0 Å². The summed E-state index contributed by atoms with van der Waals surface area (Å²) in [7, 11) is 0. The molecule has 0 fully saturated rings. The maximum Gasteiger partial charge on any atom is 0.119 e. The van der Waals surface area contributed by atoms with Crippen LogP contribution in [0.3, 0.4) is 0 Å². The van der Waals surface area contributed by atoms with Gasteiger partial charge in [0.2, 0.25) is 0 Å². The number of hydrogen-bond acceptors (Lipinski definition) is 3. The van der Waals surface area contributed by atoms with Crippen molar-refractivity contribution in [2.45, 2.75) is 25.7 Å². The van der Waals surface area contributed by atoms with Crippen molar-refractivity contribution in [1.82, 2.24) is 0 Å². The average molecular weight is 235 g/mol. The van der Waals surface area contributed by atoms with Crippen LogP contribution in [0.15, 0.2) is 24.3 Å². The maximum atomic E-state index is 8.53. The Kier molecular flexibility index (Phi) is 6.52. The Morgan fingerprint density at radius 3 is 2.50 bits per heavy atom. The summed E-state index contributed by atoms with van der Waals surface area (Å²) in [5.41, 5.74) is 1.03. The first kappa shape index (κ1) is 12.9. The summed E-state index contributed by atoms with van der Waals surface area (Å²) in [6, 6.07) is 9.84. The van der Waals surface area contributed by atoms with Crippen LogP contribution >= 0.6 is 12.6 Å². The zero-order valence-electron chi connectivity index (χ0n) is 9.35. The van der Waals surface area contributed by atoms with E-state index in [4.69, 9.17) is 10.00 Å². The second-order valence-corrected chi connectivity index (χ2v) is 4.06. The molecule has 86 valence electrons. The fourth-order valence-electron chi connectivity index (χ4n) is 1.38. The zero-order chi connectivity index (χ0) is 11.6. The van der Waals surface area contributed by atoms with Crippen LogP contribution in [0, 0.1) is 11.3 Å². The van der Waals surface area contributed by atoms with Gasteiger partial charge in [-0.05, 0) is 42.7 Å². The Morgan fingerprint density at radius 2 is 1.88 bits per heavy atom. The second-order valence-electron chi connectivity index (χ2n) is 3.61. The quantitative estimate of drug-likeness (QED) is 0.581. The van der Waals surface area contributed by atoms with Crippen LogP contribution < -0.4 is 4.74 Å². The van der Waals surface area contributed by atoms with E-state index < -0.39 is 0 Å². The molecule has 0 aliphatic rings. The fraction of sp³-hybridized carbons (Fsp3) is 0.462. The van der Waals surface area contributed by atoms with E-state index in [9.17, 15) is 0 Å². The molecule has 1 aromatic carbocycles. The third-order valence-electron chi connectivity index (χ3n) is 2.28. The molecule has 3 heteroatoms. The molecular weight excluding hydrogens is 218 g/mol. The molecule has 1 aromatic rings. The predicted octanol–water partition coefficient (Wildman–Crippen LogP) is 3.23. The fourth-order valence-corrected chi connectivity index (χ4v) is 1.60. The minimum Gasteiger partial charge on any atom is -0.494 e. The molecule has 0 aromatic heterocycles. The molecule has 2 nitrogen and oxygen atoms in total. The third-order valence-corrected chi connectivity index (χ3v) is 2.59. The largest absolute Gasteiger partial charge is 0.494 e. The van der Waals surface area contributed by atoms with Gasteiger partial charge in [-0.25, -0.2) is 0 Å². The van der Waals surface area contributed by atoms with Crippen LogP contribution in [0.1, 0.15) is 24.8 Å². The van der Waals surface area contributed by atoms with Gasteiger partial charge >= 0.3 is 0 Å². The van der Waals surface area contributed by atoms with Crippen molar-refractivity contribution >= 4 is 12.6 Å². The van der Waals surface area contributed by atoms with E-state index in [-0.39, 0.29) is 0 Å². The summed E-state index contributed by atoms with van der Waals surface area (Å²) in [4.78, 5) is 0.